The van der Waals surface area contributed by atoms with Crippen LogP contribution in [0.4, 0.5) is 10.5 Å². The molecule has 5 rings (SSSR count). The fraction of sp³-hybridized carbons (Fsp3) is 0.300. The van der Waals surface area contributed by atoms with Crippen LogP contribution in [0.1, 0.15) is 12.5 Å². The molecule has 2 aromatic heterocycles. The summed E-state index contributed by atoms with van der Waals surface area (Å²) >= 11 is 0. The number of fused-ring (bicyclic) bond motifs is 3. The zero-order chi connectivity index (χ0) is 20.8. The molecule has 2 aliphatic heterocycles. The number of aryl methyl sites for hydroxylation is 1. The van der Waals surface area contributed by atoms with E-state index < -0.39 is 0 Å². The molecule has 1 N–H and O–H groups in total. The molecular formula is C20H19N7O3. The summed E-state index contributed by atoms with van der Waals surface area (Å²) in [6.45, 7) is 1.76. The van der Waals surface area contributed by atoms with E-state index in [1.54, 1.807) is 22.8 Å². The predicted molar refractivity (Wildman–Crippen MR) is 106 cm³/mol. The molecule has 0 bridgehead atoms. The molecule has 1 aromatic carbocycles. The number of rotatable bonds is 4. The average Bonchev–Trinajstić information content (AvgIpc) is 3.41. The van der Waals surface area contributed by atoms with Crippen LogP contribution in [0.3, 0.4) is 0 Å². The van der Waals surface area contributed by atoms with E-state index in [0.29, 0.717) is 24.5 Å². The molecule has 2 amide bonds. The zero-order valence-electron chi connectivity index (χ0n) is 16.4. The highest BCUT2D eigenvalue weighted by Gasteiger charge is 2.47. The second kappa shape index (κ2) is 6.90. The van der Waals surface area contributed by atoms with Crippen LogP contribution in [-0.2, 0) is 23.0 Å². The minimum atomic E-state index is -0.370. The number of amides is 2. The molecule has 0 radical (unpaired) electrons. The van der Waals surface area contributed by atoms with Gasteiger partial charge in [-0.1, -0.05) is 12.1 Å². The van der Waals surface area contributed by atoms with Crippen LogP contribution in [0.15, 0.2) is 36.5 Å². The number of ether oxygens (including phenoxy) is 1. The van der Waals surface area contributed by atoms with Crippen molar-refractivity contribution in [2.75, 3.05) is 11.4 Å². The SMILES string of the molecule is CC(=O)NC[C@@H]1OC(=O)N2c3ccc(-c4ccc(-c5nnnn5C)nc4)cc3C[C@@H]12. The van der Waals surface area contributed by atoms with E-state index in [0.717, 1.165) is 22.4 Å². The predicted octanol–water partition coefficient (Wildman–Crippen LogP) is 1.33. The lowest BCUT2D eigenvalue weighted by Gasteiger charge is -2.16. The smallest absolute Gasteiger partial charge is 0.415 e. The molecule has 4 heterocycles. The first-order valence-electron chi connectivity index (χ1n) is 9.57. The number of nitrogens with zero attached hydrogens (tertiary/aromatic N) is 6. The highest BCUT2D eigenvalue weighted by Crippen LogP contribution is 2.40. The van der Waals surface area contributed by atoms with Gasteiger partial charge in [-0.2, -0.15) is 0 Å². The number of carbonyl (C=O) groups excluding carboxylic acids is 2. The quantitative estimate of drug-likeness (QED) is 0.696. The van der Waals surface area contributed by atoms with Crippen molar-refractivity contribution in [1.82, 2.24) is 30.5 Å². The Morgan fingerprint density at radius 3 is 2.80 bits per heavy atom. The number of cyclic esters (lactones) is 1. The van der Waals surface area contributed by atoms with Crippen LogP contribution in [0, 0.1) is 0 Å². The molecule has 1 fully saturated rings. The minimum Gasteiger partial charge on any atom is -0.442 e. The summed E-state index contributed by atoms with van der Waals surface area (Å²) in [5, 5.41) is 14.2. The van der Waals surface area contributed by atoms with Gasteiger partial charge in [-0.25, -0.2) is 9.48 Å². The van der Waals surface area contributed by atoms with Gasteiger partial charge in [0.25, 0.3) is 0 Å². The Balaban J connectivity index is 1.39. The highest BCUT2D eigenvalue weighted by molar-refractivity contribution is 5.94. The third-order valence-electron chi connectivity index (χ3n) is 5.48. The Morgan fingerprint density at radius 1 is 1.27 bits per heavy atom. The summed E-state index contributed by atoms with van der Waals surface area (Å²) in [6.07, 6.45) is 1.73. The second-order valence-electron chi connectivity index (χ2n) is 7.40. The molecule has 0 aliphatic carbocycles. The number of tetrazole rings is 1. The second-order valence-corrected chi connectivity index (χ2v) is 7.40. The van der Waals surface area contributed by atoms with Gasteiger partial charge < -0.3 is 10.1 Å². The summed E-state index contributed by atoms with van der Waals surface area (Å²) < 4.78 is 7.02. The van der Waals surface area contributed by atoms with Crippen molar-refractivity contribution in [3.8, 4) is 22.6 Å². The van der Waals surface area contributed by atoms with Crippen LogP contribution in [0.25, 0.3) is 22.6 Å². The van der Waals surface area contributed by atoms with Gasteiger partial charge in [0.1, 0.15) is 11.8 Å². The van der Waals surface area contributed by atoms with Crippen LogP contribution in [-0.4, -0.2) is 55.9 Å². The minimum absolute atomic E-state index is 0.112. The fourth-order valence-corrected chi connectivity index (χ4v) is 4.02. The van der Waals surface area contributed by atoms with Crippen LogP contribution >= 0.6 is 0 Å². The van der Waals surface area contributed by atoms with Crippen LogP contribution in [0.5, 0.6) is 0 Å². The van der Waals surface area contributed by atoms with Crippen molar-refractivity contribution in [3.05, 3.63) is 42.1 Å². The van der Waals surface area contributed by atoms with E-state index in [4.69, 9.17) is 4.74 Å². The molecule has 3 aromatic rings. The van der Waals surface area contributed by atoms with Crippen molar-refractivity contribution in [2.24, 2.45) is 7.05 Å². The van der Waals surface area contributed by atoms with E-state index in [-0.39, 0.29) is 24.1 Å². The average molecular weight is 405 g/mol. The normalized spacial score (nSPS) is 19.4. The van der Waals surface area contributed by atoms with Crippen molar-refractivity contribution in [3.63, 3.8) is 0 Å². The first kappa shape index (κ1) is 18.2. The van der Waals surface area contributed by atoms with Gasteiger partial charge in [-0.15, -0.1) is 5.10 Å². The number of aromatic nitrogens is 5. The van der Waals surface area contributed by atoms with Crippen LogP contribution < -0.4 is 10.2 Å². The summed E-state index contributed by atoms with van der Waals surface area (Å²) in [5.74, 6) is 0.454. The lowest BCUT2D eigenvalue weighted by Crippen LogP contribution is -2.40. The first-order chi connectivity index (χ1) is 14.5. The number of benzene rings is 1. The van der Waals surface area contributed by atoms with Crippen LogP contribution in [0.2, 0.25) is 0 Å². The summed E-state index contributed by atoms with van der Waals surface area (Å²) in [5.41, 5.74) is 4.59. The van der Waals surface area contributed by atoms with Gasteiger partial charge in [0.05, 0.1) is 18.3 Å². The first-order valence-corrected chi connectivity index (χ1v) is 9.57. The van der Waals surface area contributed by atoms with Crippen molar-refractivity contribution in [2.45, 2.75) is 25.5 Å². The Kier molecular flexibility index (Phi) is 4.19. The van der Waals surface area contributed by atoms with E-state index in [1.165, 1.54) is 6.92 Å². The molecule has 10 nitrogen and oxygen atoms in total. The molecule has 2 aliphatic rings. The summed E-state index contributed by atoms with van der Waals surface area (Å²) in [7, 11) is 1.77. The van der Waals surface area contributed by atoms with Gasteiger partial charge in [0.15, 0.2) is 5.82 Å². The number of hydrogen-bond acceptors (Lipinski definition) is 7. The number of carbonyl (C=O) groups is 2. The number of pyridine rings is 1. The standard InChI is InChI=1S/C20H19N7O3/c1-11(28)21-10-18-17-8-14-7-12(4-6-16(14)27(17)20(29)30-18)13-3-5-15(22-9-13)19-23-24-25-26(19)2/h3-7,9,17-18H,8,10H2,1-2H3,(H,21,28)/t17-,18-/m0/s1. The van der Waals surface area contributed by atoms with Crippen molar-refractivity contribution < 1.29 is 14.3 Å². The zero-order valence-corrected chi connectivity index (χ0v) is 16.4. The number of anilines is 1. The largest absolute Gasteiger partial charge is 0.442 e. The maximum Gasteiger partial charge on any atom is 0.415 e. The van der Waals surface area contributed by atoms with E-state index in [9.17, 15) is 9.59 Å². The maximum absolute atomic E-state index is 12.4. The fourth-order valence-electron chi connectivity index (χ4n) is 4.02. The van der Waals surface area contributed by atoms with Crippen molar-refractivity contribution in [1.29, 1.82) is 0 Å². The topological polar surface area (TPSA) is 115 Å². The Labute approximate surface area is 171 Å². The number of nitrogens with one attached hydrogen (secondary N) is 1. The van der Waals surface area contributed by atoms with Gasteiger partial charge in [-0.05, 0) is 46.2 Å². The molecule has 0 saturated carbocycles. The molecule has 2 atom stereocenters. The van der Waals surface area contributed by atoms with E-state index in [2.05, 4.69) is 31.9 Å². The summed E-state index contributed by atoms with van der Waals surface area (Å²) in [4.78, 5) is 29.8. The van der Waals surface area contributed by atoms with E-state index >= 15 is 0 Å². The Hall–Kier alpha value is -3.82. The molecule has 30 heavy (non-hydrogen) atoms. The lowest BCUT2D eigenvalue weighted by molar-refractivity contribution is -0.119. The number of hydrogen-bond donors (Lipinski definition) is 1. The molecular weight excluding hydrogens is 386 g/mol. The lowest BCUT2D eigenvalue weighted by atomic mass is 10.0. The third-order valence-corrected chi connectivity index (χ3v) is 5.48. The monoisotopic (exact) mass is 405 g/mol. The molecule has 0 unspecified atom stereocenters. The molecule has 0 spiro atoms. The van der Waals surface area contributed by atoms with Gasteiger partial charge in [0, 0.05) is 25.7 Å². The molecule has 152 valence electrons. The van der Waals surface area contributed by atoms with Gasteiger partial charge in [0.2, 0.25) is 5.91 Å². The molecule has 10 heteroatoms. The third kappa shape index (κ3) is 2.97. The Bertz CT molecular complexity index is 1140. The molecule has 1 saturated heterocycles. The van der Waals surface area contributed by atoms with Gasteiger partial charge >= 0.3 is 6.09 Å². The maximum atomic E-state index is 12.4. The highest BCUT2D eigenvalue weighted by atomic mass is 16.6. The van der Waals surface area contributed by atoms with Gasteiger partial charge in [-0.3, -0.25) is 14.7 Å². The summed E-state index contributed by atoms with van der Waals surface area (Å²) in [6, 6.07) is 9.73. The van der Waals surface area contributed by atoms with Crippen molar-refractivity contribution >= 4 is 17.7 Å². The van der Waals surface area contributed by atoms with E-state index in [1.807, 2.05) is 24.3 Å². The Morgan fingerprint density at radius 2 is 2.10 bits per heavy atom.